The Balaban J connectivity index is 2.58. The fraction of sp³-hybridized carbons (Fsp3) is 0.278. The molecule has 0 aliphatic heterocycles. The van der Waals surface area contributed by atoms with Gasteiger partial charge in [-0.3, -0.25) is 4.79 Å². The van der Waals surface area contributed by atoms with Gasteiger partial charge in [0.15, 0.2) is 11.5 Å². The van der Waals surface area contributed by atoms with E-state index in [0.29, 0.717) is 39.9 Å². The van der Waals surface area contributed by atoms with Crippen molar-refractivity contribution in [1.82, 2.24) is 0 Å². The lowest BCUT2D eigenvalue weighted by Crippen LogP contribution is -2.08. The van der Waals surface area contributed by atoms with Crippen molar-refractivity contribution < 1.29 is 28.5 Å². The first-order chi connectivity index (χ1) is 11.6. The van der Waals surface area contributed by atoms with Gasteiger partial charge in [-0.15, -0.1) is 0 Å². The smallest absolute Gasteiger partial charge is 0.204 e. The summed E-state index contributed by atoms with van der Waals surface area (Å²) in [5.74, 6) is 1.90. The van der Waals surface area contributed by atoms with E-state index in [4.69, 9.17) is 23.7 Å². The van der Waals surface area contributed by atoms with E-state index in [-0.39, 0.29) is 5.78 Å². The third-order valence-electron chi connectivity index (χ3n) is 3.60. The summed E-state index contributed by atoms with van der Waals surface area (Å²) in [6.07, 6.45) is 0. The number of carbonyl (C=O) groups is 1. The van der Waals surface area contributed by atoms with Crippen LogP contribution in [0.5, 0.6) is 28.7 Å². The fourth-order valence-corrected chi connectivity index (χ4v) is 2.41. The van der Waals surface area contributed by atoms with Gasteiger partial charge in [-0.1, -0.05) is 0 Å². The predicted octanol–water partition coefficient (Wildman–Crippen LogP) is 2.96. The van der Waals surface area contributed by atoms with Crippen LogP contribution in [0.15, 0.2) is 30.3 Å². The van der Waals surface area contributed by atoms with E-state index in [1.807, 2.05) is 0 Å². The van der Waals surface area contributed by atoms with Gasteiger partial charge in [-0.05, 0) is 24.3 Å². The van der Waals surface area contributed by atoms with Crippen molar-refractivity contribution >= 4 is 5.78 Å². The molecule has 0 aromatic heterocycles. The standard InChI is InChI=1S/C18H20O6/c1-20-11-6-7-12(15(10-11)22-3)16(19)13-8-9-14(21-2)18(24-5)17(13)23-4/h6-10H,1-5H3. The molecule has 0 fully saturated rings. The van der Waals surface area contributed by atoms with Crippen LogP contribution in [0.25, 0.3) is 0 Å². The maximum Gasteiger partial charge on any atom is 0.204 e. The highest BCUT2D eigenvalue weighted by Crippen LogP contribution is 2.41. The van der Waals surface area contributed by atoms with E-state index in [0.717, 1.165) is 0 Å². The van der Waals surface area contributed by atoms with Gasteiger partial charge in [-0.25, -0.2) is 0 Å². The van der Waals surface area contributed by atoms with Gasteiger partial charge < -0.3 is 23.7 Å². The predicted molar refractivity (Wildman–Crippen MR) is 89.1 cm³/mol. The molecule has 0 heterocycles. The van der Waals surface area contributed by atoms with Gasteiger partial charge in [0.25, 0.3) is 0 Å². The normalized spacial score (nSPS) is 10.0. The first-order valence-electron chi connectivity index (χ1n) is 7.16. The van der Waals surface area contributed by atoms with Crippen LogP contribution < -0.4 is 23.7 Å². The van der Waals surface area contributed by atoms with Crippen LogP contribution in [-0.2, 0) is 0 Å². The Morgan fingerprint density at radius 3 is 1.83 bits per heavy atom. The molecule has 2 rings (SSSR count). The van der Waals surface area contributed by atoms with Crippen molar-refractivity contribution in [1.29, 1.82) is 0 Å². The maximum absolute atomic E-state index is 13.0. The number of ether oxygens (including phenoxy) is 5. The molecule has 0 aliphatic carbocycles. The highest BCUT2D eigenvalue weighted by molar-refractivity contribution is 6.13. The molecule has 128 valence electrons. The van der Waals surface area contributed by atoms with Gasteiger partial charge in [0.1, 0.15) is 11.5 Å². The first kappa shape index (κ1) is 17.5. The van der Waals surface area contributed by atoms with E-state index >= 15 is 0 Å². The van der Waals surface area contributed by atoms with Crippen LogP contribution in [0.1, 0.15) is 15.9 Å². The minimum atomic E-state index is -0.257. The summed E-state index contributed by atoms with van der Waals surface area (Å²) in [7, 11) is 7.53. The Kier molecular flexibility index (Phi) is 5.52. The summed E-state index contributed by atoms with van der Waals surface area (Å²) in [5, 5.41) is 0. The van der Waals surface area contributed by atoms with Crippen molar-refractivity contribution in [2.75, 3.05) is 35.5 Å². The Hall–Kier alpha value is -2.89. The Morgan fingerprint density at radius 2 is 1.29 bits per heavy atom. The maximum atomic E-state index is 13.0. The number of hydrogen-bond donors (Lipinski definition) is 0. The summed E-state index contributed by atoms with van der Waals surface area (Å²) in [6.45, 7) is 0. The van der Waals surface area contributed by atoms with Crippen LogP contribution in [-0.4, -0.2) is 41.3 Å². The zero-order valence-corrected chi connectivity index (χ0v) is 14.3. The summed E-state index contributed by atoms with van der Waals surface area (Å²) in [4.78, 5) is 13.0. The number of rotatable bonds is 7. The number of ketones is 1. The van der Waals surface area contributed by atoms with Crippen molar-refractivity contribution in [3.05, 3.63) is 41.5 Å². The second-order valence-corrected chi connectivity index (χ2v) is 4.78. The van der Waals surface area contributed by atoms with E-state index in [1.54, 1.807) is 37.4 Å². The molecular weight excluding hydrogens is 312 g/mol. The SMILES string of the molecule is COc1ccc(C(=O)c2ccc(OC)c(OC)c2OC)c(OC)c1. The molecular formula is C18H20O6. The highest BCUT2D eigenvalue weighted by Gasteiger charge is 2.24. The third kappa shape index (κ3) is 3.08. The van der Waals surface area contributed by atoms with Crippen molar-refractivity contribution in [3.8, 4) is 28.7 Å². The molecule has 0 radical (unpaired) electrons. The molecule has 6 nitrogen and oxygen atoms in total. The van der Waals surface area contributed by atoms with Gasteiger partial charge in [0, 0.05) is 6.07 Å². The van der Waals surface area contributed by atoms with E-state index in [1.165, 1.54) is 28.4 Å². The average molecular weight is 332 g/mol. The highest BCUT2D eigenvalue weighted by atomic mass is 16.5. The Morgan fingerprint density at radius 1 is 0.667 bits per heavy atom. The Labute approximate surface area is 140 Å². The summed E-state index contributed by atoms with van der Waals surface area (Å²) < 4.78 is 26.4. The number of hydrogen-bond acceptors (Lipinski definition) is 6. The lowest BCUT2D eigenvalue weighted by molar-refractivity contribution is 0.103. The topological polar surface area (TPSA) is 63.2 Å². The number of methoxy groups -OCH3 is 5. The van der Waals surface area contributed by atoms with Crippen molar-refractivity contribution in [2.45, 2.75) is 0 Å². The molecule has 0 unspecified atom stereocenters. The minimum absolute atomic E-state index is 0.257. The van der Waals surface area contributed by atoms with Gasteiger partial charge >= 0.3 is 0 Å². The lowest BCUT2D eigenvalue weighted by atomic mass is 10.0. The molecule has 0 saturated carbocycles. The molecule has 2 aromatic carbocycles. The summed E-state index contributed by atoms with van der Waals surface area (Å²) in [5.41, 5.74) is 0.738. The molecule has 0 atom stereocenters. The molecule has 0 bridgehead atoms. The number of benzene rings is 2. The molecule has 0 aliphatic rings. The van der Waals surface area contributed by atoms with Crippen LogP contribution >= 0.6 is 0 Å². The van der Waals surface area contributed by atoms with Crippen molar-refractivity contribution in [3.63, 3.8) is 0 Å². The summed E-state index contributed by atoms with van der Waals surface area (Å²) >= 11 is 0. The summed E-state index contributed by atoms with van der Waals surface area (Å²) in [6, 6.07) is 8.29. The van der Waals surface area contributed by atoms with Crippen LogP contribution in [0, 0.1) is 0 Å². The zero-order valence-electron chi connectivity index (χ0n) is 14.3. The second-order valence-electron chi connectivity index (χ2n) is 4.78. The lowest BCUT2D eigenvalue weighted by Gasteiger charge is -2.16. The van der Waals surface area contributed by atoms with E-state index in [9.17, 15) is 4.79 Å². The van der Waals surface area contributed by atoms with Crippen LogP contribution in [0.2, 0.25) is 0 Å². The second kappa shape index (κ2) is 7.59. The van der Waals surface area contributed by atoms with Gasteiger partial charge in [0.2, 0.25) is 11.5 Å². The Bertz CT molecular complexity index is 739. The largest absolute Gasteiger partial charge is 0.497 e. The van der Waals surface area contributed by atoms with Crippen molar-refractivity contribution in [2.24, 2.45) is 0 Å². The van der Waals surface area contributed by atoms with Gasteiger partial charge in [-0.2, -0.15) is 0 Å². The molecule has 0 saturated heterocycles. The molecule has 24 heavy (non-hydrogen) atoms. The van der Waals surface area contributed by atoms with Gasteiger partial charge in [0.05, 0.1) is 46.7 Å². The average Bonchev–Trinajstić information content (AvgIpc) is 2.65. The molecule has 6 heteroatoms. The molecule has 0 amide bonds. The zero-order chi connectivity index (χ0) is 17.7. The van der Waals surface area contributed by atoms with Crippen LogP contribution in [0.4, 0.5) is 0 Å². The monoisotopic (exact) mass is 332 g/mol. The number of carbonyl (C=O) groups excluding carboxylic acids is 1. The molecule has 0 N–H and O–H groups in total. The first-order valence-corrected chi connectivity index (χ1v) is 7.16. The van der Waals surface area contributed by atoms with E-state index in [2.05, 4.69) is 0 Å². The van der Waals surface area contributed by atoms with Crippen LogP contribution in [0.3, 0.4) is 0 Å². The minimum Gasteiger partial charge on any atom is -0.497 e. The fourth-order valence-electron chi connectivity index (χ4n) is 2.41. The molecule has 0 spiro atoms. The quantitative estimate of drug-likeness (QED) is 0.727. The molecule has 2 aromatic rings. The van der Waals surface area contributed by atoms with E-state index < -0.39 is 0 Å². The third-order valence-corrected chi connectivity index (χ3v) is 3.60.